The van der Waals surface area contributed by atoms with Crippen molar-refractivity contribution in [3.63, 3.8) is 0 Å². The molecule has 0 radical (unpaired) electrons. The van der Waals surface area contributed by atoms with Crippen LogP contribution in [-0.4, -0.2) is 4.98 Å². The lowest BCUT2D eigenvalue weighted by atomic mass is 10.0. The second-order valence-electron chi connectivity index (χ2n) is 4.89. The maximum absolute atomic E-state index is 6.25. The van der Waals surface area contributed by atoms with Gasteiger partial charge in [-0.2, -0.15) is 0 Å². The Morgan fingerprint density at radius 2 is 1.76 bits per heavy atom. The predicted octanol–water partition coefficient (Wildman–Crippen LogP) is 4.88. The highest BCUT2D eigenvalue weighted by molar-refractivity contribution is 6.35. The molecule has 4 rings (SSSR count). The van der Waals surface area contributed by atoms with Crippen molar-refractivity contribution in [2.45, 2.75) is 0 Å². The molecule has 0 aliphatic carbocycles. The summed E-state index contributed by atoms with van der Waals surface area (Å²) >= 11 is 6.25. The van der Waals surface area contributed by atoms with E-state index in [9.17, 15) is 0 Å². The van der Waals surface area contributed by atoms with Gasteiger partial charge in [-0.25, -0.2) is 4.98 Å². The van der Waals surface area contributed by atoms with E-state index in [0.29, 0.717) is 17.2 Å². The van der Waals surface area contributed by atoms with Crippen LogP contribution in [0.5, 0.6) is 0 Å². The summed E-state index contributed by atoms with van der Waals surface area (Å²) in [7, 11) is 0. The first kappa shape index (κ1) is 12.2. The minimum absolute atomic E-state index is 0.573. The van der Waals surface area contributed by atoms with Crippen molar-refractivity contribution in [2.24, 2.45) is 0 Å². The van der Waals surface area contributed by atoms with E-state index < -0.39 is 0 Å². The van der Waals surface area contributed by atoms with Gasteiger partial charge in [0.15, 0.2) is 5.58 Å². The molecule has 0 fully saturated rings. The van der Waals surface area contributed by atoms with Crippen molar-refractivity contribution in [1.82, 2.24) is 4.98 Å². The first-order chi connectivity index (χ1) is 10.2. The van der Waals surface area contributed by atoms with Gasteiger partial charge in [-0.05, 0) is 29.7 Å². The Hall–Kier alpha value is -2.52. The highest BCUT2D eigenvalue weighted by atomic mass is 35.5. The van der Waals surface area contributed by atoms with Crippen molar-refractivity contribution in [3.05, 3.63) is 59.6 Å². The van der Waals surface area contributed by atoms with Gasteiger partial charge in [0.25, 0.3) is 0 Å². The summed E-state index contributed by atoms with van der Waals surface area (Å²) in [4.78, 5) is 4.54. The van der Waals surface area contributed by atoms with Gasteiger partial charge in [-0.15, -0.1) is 0 Å². The normalized spacial score (nSPS) is 11.3. The Kier molecular flexibility index (Phi) is 2.62. The number of fused-ring (bicyclic) bond motifs is 2. The number of nitrogens with zero attached hydrogens (tertiary/aromatic N) is 1. The smallest absolute Gasteiger partial charge is 0.227 e. The summed E-state index contributed by atoms with van der Waals surface area (Å²) in [5.74, 6) is 0.573. The molecular formula is C17H11ClN2O. The lowest BCUT2D eigenvalue weighted by Gasteiger charge is -2.04. The Bertz CT molecular complexity index is 975. The van der Waals surface area contributed by atoms with Crippen molar-refractivity contribution in [2.75, 3.05) is 5.73 Å². The van der Waals surface area contributed by atoms with Gasteiger partial charge in [-0.3, -0.25) is 0 Å². The fourth-order valence-corrected chi connectivity index (χ4v) is 2.75. The first-order valence-electron chi connectivity index (χ1n) is 6.56. The molecule has 0 unspecified atom stereocenters. The van der Waals surface area contributed by atoms with Crippen molar-refractivity contribution < 1.29 is 4.42 Å². The van der Waals surface area contributed by atoms with E-state index in [-0.39, 0.29) is 0 Å². The summed E-state index contributed by atoms with van der Waals surface area (Å²) in [6, 6.07) is 17.2. The van der Waals surface area contributed by atoms with E-state index in [0.717, 1.165) is 26.9 Å². The third kappa shape index (κ3) is 1.94. The number of oxazole rings is 1. The van der Waals surface area contributed by atoms with Crippen LogP contribution < -0.4 is 5.73 Å². The number of anilines is 1. The van der Waals surface area contributed by atoms with Crippen molar-refractivity contribution in [3.8, 4) is 11.5 Å². The maximum Gasteiger partial charge on any atom is 0.227 e. The minimum atomic E-state index is 0.573. The van der Waals surface area contributed by atoms with Crippen LogP contribution in [-0.2, 0) is 0 Å². The zero-order valence-electron chi connectivity index (χ0n) is 11.0. The van der Waals surface area contributed by atoms with E-state index in [4.69, 9.17) is 21.8 Å². The van der Waals surface area contributed by atoms with Crippen LogP contribution in [0.2, 0.25) is 5.02 Å². The quantitative estimate of drug-likeness (QED) is 0.509. The molecule has 0 amide bonds. The van der Waals surface area contributed by atoms with Gasteiger partial charge in [0.1, 0.15) is 5.52 Å². The molecule has 0 atom stereocenters. The van der Waals surface area contributed by atoms with Gasteiger partial charge in [0.05, 0.1) is 0 Å². The SMILES string of the molecule is Nc1ccc2nc(-c3cccc4c(Cl)cccc34)oc2c1. The van der Waals surface area contributed by atoms with E-state index in [1.54, 1.807) is 6.07 Å². The Balaban J connectivity index is 2.02. The van der Waals surface area contributed by atoms with Crippen LogP contribution in [0.4, 0.5) is 5.69 Å². The van der Waals surface area contributed by atoms with E-state index in [2.05, 4.69) is 4.98 Å². The summed E-state index contributed by atoms with van der Waals surface area (Å²) in [6.45, 7) is 0. The number of nitrogen functional groups attached to an aromatic ring is 1. The highest BCUT2D eigenvalue weighted by Gasteiger charge is 2.12. The fraction of sp³-hybridized carbons (Fsp3) is 0. The molecular weight excluding hydrogens is 284 g/mol. The summed E-state index contributed by atoms with van der Waals surface area (Å²) in [6.07, 6.45) is 0. The van der Waals surface area contributed by atoms with Crippen LogP contribution in [0.1, 0.15) is 0 Å². The van der Waals surface area contributed by atoms with Gasteiger partial charge < -0.3 is 10.2 Å². The summed E-state index contributed by atoms with van der Waals surface area (Å²) < 4.78 is 5.85. The molecule has 1 aromatic heterocycles. The molecule has 3 aromatic carbocycles. The predicted molar refractivity (Wildman–Crippen MR) is 86.4 cm³/mol. The van der Waals surface area contributed by atoms with Gasteiger partial charge in [0, 0.05) is 27.7 Å². The Labute approximate surface area is 126 Å². The molecule has 0 aliphatic rings. The minimum Gasteiger partial charge on any atom is -0.436 e. The maximum atomic E-state index is 6.25. The molecule has 1 heterocycles. The molecule has 4 aromatic rings. The van der Waals surface area contributed by atoms with E-state index in [1.807, 2.05) is 48.5 Å². The number of hydrogen-bond acceptors (Lipinski definition) is 3. The third-order valence-electron chi connectivity index (χ3n) is 3.51. The average molecular weight is 295 g/mol. The Morgan fingerprint density at radius 1 is 0.952 bits per heavy atom. The van der Waals surface area contributed by atoms with Gasteiger partial charge >= 0.3 is 0 Å². The molecule has 0 aliphatic heterocycles. The molecule has 0 saturated heterocycles. The van der Waals surface area contributed by atoms with E-state index >= 15 is 0 Å². The average Bonchev–Trinajstić information content (AvgIpc) is 2.90. The molecule has 0 spiro atoms. The monoisotopic (exact) mass is 294 g/mol. The number of rotatable bonds is 1. The van der Waals surface area contributed by atoms with Gasteiger partial charge in [-0.1, -0.05) is 35.9 Å². The standard InChI is InChI=1S/C17H11ClN2O/c18-14-6-2-3-11-12(14)4-1-5-13(11)17-20-15-8-7-10(19)9-16(15)21-17/h1-9H,19H2. The lowest BCUT2D eigenvalue weighted by molar-refractivity contribution is 0.621. The van der Waals surface area contributed by atoms with Crippen LogP contribution >= 0.6 is 11.6 Å². The Morgan fingerprint density at radius 3 is 2.67 bits per heavy atom. The summed E-state index contributed by atoms with van der Waals surface area (Å²) in [5.41, 5.74) is 8.83. The zero-order chi connectivity index (χ0) is 14.4. The number of benzene rings is 3. The van der Waals surface area contributed by atoms with Gasteiger partial charge in [0.2, 0.25) is 5.89 Å². The van der Waals surface area contributed by atoms with Crippen LogP contribution in [0, 0.1) is 0 Å². The second-order valence-corrected chi connectivity index (χ2v) is 5.29. The van der Waals surface area contributed by atoms with Crippen molar-refractivity contribution >= 4 is 39.2 Å². The second kappa shape index (κ2) is 4.50. The molecule has 21 heavy (non-hydrogen) atoms. The van der Waals surface area contributed by atoms with Crippen LogP contribution in [0.25, 0.3) is 33.3 Å². The third-order valence-corrected chi connectivity index (χ3v) is 3.84. The molecule has 0 saturated carbocycles. The van der Waals surface area contributed by atoms with E-state index in [1.165, 1.54) is 0 Å². The lowest BCUT2D eigenvalue weighted by Crippen LogP contribution is -1.82. The van der Waals surface area contributed by atoms with Crippen molar-refractivity contribution in [1.29, 1.82) is 0 Å². The highest BCUT2D eigenvalue weighted by Crippen LogP contribution is 2.33. The largest absolute Gasteiger partial charge is 0.436 e. The van der Waals surface area contributed by atoms with Crippen LogP contribution in [0.15, 0.2) is 59.0 Å². The first-order valence-corrected chi connectivity index (χ1v) is 6.94. The topological polar surface area (TPSA) is 52.0 Å². The number of halogens is 1. The zero-order valence-corrected chi connectivity index (χ0v) is 11.8. The number of aromatic nitrogens is 1. The summed E-state index contributed by atoms with van der Waals surface area (Å²) in [5, 5.41) is 2.72. The molecule has 3 nitrogen and oxygen atoms in total. The van der Waals surface area contributed by atoms with Crippen LogP contribution in [0.3, 0.4) is 0 Å². The number of hydrogen-bond donors (Lipinski definition) is 1. The molecule has 102 valence electrons. The fourth-order valence-electron chi connectivity index (χ4n) is 2.51. The molecule has 2 N–H and O–H groups in total. The molecule has 0 bridgehead atoms. The number of nitrogens with two attached hydrogens (primary N) is 1. The molecule has 4 heteroatoms.